The Labute approximate surface area is 214 Å². The van der Waals surface area contributed by atoms with Crippen molar-refractivity contribution in [3.05, 3.63) is 84.2 Å². The number of H-pyrrole nitrogens is 1. The highest BCUT2D eigenvalue weighted by Crippen LogP contribution is 2.27. The second-order valence-corrected chi connectivity index (χ2v) is 11.4. The van der Waals surface area contributed by atoms with Crippen LogP contribution in [0.4, 0.5) is 14.9 Å². The third-order valence-corrected chi connectivity index (χ3v) is 5.82. The number of hydrogen-bond acceptors (Lipinski definition) is 5. The van der Waals surface area contributed by atoms with Crippen molar-refractivity contribution in [2.45, 2.75) is 13.3 Å². The minimum Gasteiger partial charge on any atom is -0.457 e. The number of nitrogens with one attached hydrogen (secondary N) is 3. The normalized spacial score (nSPS) is 15.3. The molecule has 0 saturated carbocycles. The van der Waals surface area contributed by atoms with Gasteiger partial charge in [0.2, 0.25) is 0 Å². The van der Waals surface area contributed by atoms with E-state index in [9.17, 15) is 18.2 Å². The summed E-state index contributed by atoms with van der Waals surface area (Å²) in [5.74, 6) is 0.133. The predicted octanol–water partition coefficient (Wildman–Crippen LogP) is 5.64. The number of carbonyl (C=O) groups excluding carboxylic acids is 2. The number of carbonyl (C=O) groups is 2. The molecule has 0 spiro atoms. The zero-order chi connectivity index (χ0) is 26.6. The molecular formula is C26H26FN5O4S. The Kier molecular flexibility index (Phi) is 7.53. The molecule has 2 aromatic heterocycles. The maximum absolute atomic E-state index is 13.9. The van der Waals surface area contributed by atoms with Crippen LogP contribution in [0.3, 0.4) is 0 Å². The molecule has 1 aliphatic carbocycles. The Balaban J connectivity index is 1.39. The zero-order valence-corrected chi connectivity index (χ0v) is 21.3. The van der Waals surface area contributed by atoms with E-state index in [2.05, 4.69) is 25.0 Å². The molecule has 11 heteroatoms. The number of aromatic amines is 1. The van der Waals surface area contributed by atoms with Crippen LogP contribution >= 0.6 is 0 Å². The second-order valence-electron chi connectivity index (χ2n) is 8.81. The SMILES string of the molecule is CC1C=C(NC(=O)Nc2ccc(Oc3ccnc(-c4c[nH]c(C(=O)N=S(C)(C)=O)c4)c3)cc2)C(F)=CC1. The molecule has 3 aromatic rings. The van der Waals surface area contributed by atoms with Gasteiger partial charge in [0.05, 0.1) is 11.4 Å². The summed E-state index contributed by atoms with van der Waals surface area (Å²) in [7, 11) is -2.57. The Morgan fingerprint density at radius 2 is 1.89 bits per heavy atom. The molecule has 0 aliphatic heterocycles. The summed E-state index contributed by atoms with van der Waals surface area (Å²) in [6, 6.07) is 11.1. The number of ether oxygens (including phenoxy) is 1. The number of aromatic nitrogens is 2. The summed E-state index contributed by atoms with van der Waals surface area (Å²) in [6.45, 7) is 1.94. The summed E-state index contributed by atoms with van der Waals surface area (Å²) in [5.41, 5.74) is 2.08. The van der Waals surface area contributed by atoms with Gasteiger partial charge in [-0.2, -0.15) is 4.36 Å². The molecule has 37 heavy (non-hydrogen) atoms. The van der Waals surface area contributed by atoms with E-state index in [1.807, 2.05) is 6.92 Å². The summed E-state index contributed by atoms with van der Waals surface area (Å²) in [6.07, 6.45) is 9.71. The highest BCUT2D eigenvalue weighted by atomic mass is 32.2. The van der Waals surface area contributed by atoms with Gasteiger partial charge in [0.25, 0.3) is 0 Å². The molecule has 0 fully saturated rings. The van der Waals surface area contributed by atoms with E-state index < -0.39 is 27.5 Å². The van der Waals surface area contributed by atoms with Crippen LogP contribution in [0.2, 0.25) is 0 Å². The lowest BCUT2D eigenvalue weighted by Gasteiger charge is -2.16. The number of halogens is 1. The fraction of sp³-hybridized carbons (Fsp3) is 0.192. The van der Waals surface area contributed by atoms with Crippen LogP contribution in [0.5, 0.6) is 11.5 Å². The smallest absolute Gasteiger partial charge is 0.323 e. The van der Waals surface area contributed by atoms with Crippen LogP contribution in [0.1, 0.15) is 23.8 Å². The Morgan fingerprint density at radius 1 is 1.14 bits per heavy atom. The largest absolute Gasteiger partial charge is 0.457 e. The molecule has 0 saturated heterocycles. The average molecular weight is 524 g/mol. The number of amides is 3. The standard InChI is InChI=1S/C26H26FN5O4S/c1-16-4-9-21(27)23(12-16)31-26(34)30-18-5-7-19(8-6-18)36-20-10-11-28-22(14-20)17-13-24(29-15-17)25(33)32-37(2,3)35/h5-16,29H,4H2,1-3H3,(H2,30,31,34). The fourth-order valence-corrected chi connectivity index (χ4v) is 4.00. The van der Waals surface area contributed by atoms with Gasteiger partial charge in [0, 0.05) is 52.0 Å². The molecule has 9 nitrogen and oxygen atoms in total. The minimum absolute atomic E-state index is 0.148. The van der Waals surface area contributed by atoms with Gasteiger partial charge in [-0.15, -0.1) is 0 Å². The Morgan fingerprint density at radius 3 is 2.62 bits per heavy atom. The number of pyridine rings is 1. The van der Waals surface area contributed by atoms with E-state index >= 15 is 0 Å². The molecule has 1 unspecified atom stereocenters. The maximum atomic E-state index is 13.9. The first-order valence-corrected chi connectivity index (χ1v) is 13.7. The van der Waals surface area contributed by atoms with Crippen molar-refractivity contribution < 1.29 is 22.9 Å². The first kappa shape index (κ1) is 25.8. The Bertz CT molecular complexity index is 1510. The molecule has 1 aliphatic rings. The van der Waals surface area contributed by atoms with E-state index in [0.29, 0.717) is 34.9 Å². The highest BCUT2D eigenvalue weighted by molar-refractivity contribution is 7.92. The van der Waals surface area contributed by atoms with Crippen LogP contribution in [-0.2, 0) is 9.73 Å². The molecule has 3 N–H and O–H groups in total. The van der Waals surface area contributed by atoms with Gasteiger partial charge >= 0.3 is 11.9 Å². The van der Waals surface area contributed by atoms with Gasteiger partial charge in [0.1, 0.15) is 23.0 Å². The van der Waals surface area contributed by atoms with Crippen molar-refractivity contribution in [1.29, 1.82) is 0 Å². The van der Waals surface area contributed by atoms with E-state index in [1.54, 1.807) is 60.9 Å². The van der Waals surface area contributed by atoms with E-state index in [-0.39, 0.29) is 17.3 Å². The fourth-order valence-electron chi connectivity index (χ4n) is 3.51. The monoisotopic (exact) mass is 523 g/mol. The summed E-state index contributed by atoms with van der Waals surface area (Å²) >= 11 is 0. The van der Waals surface area contributed by atoms with Crippen molar-refractivity contribution in [3.63, 3.8) is 0 Å². The number of urea groups is 1. The molecule has 1 atom stereocenters. The van der Waals surface area contributed by atoms with Crippen molar-refractivity contribution >= 4 is 27.4 Å². The summed E-state index contributed by atoms with van der Waals surface area (Å²) < 4.78 is 35.3. The van der Waals surface area contributed by atoms with Gasteiger partial charge in [0.15, 0.2) is 0 Å². The lowest BCUT2D eigenvalue weighted by molar-refractivity contribution is 0.100. The minimum atomic E-state index is -2.57. The molecule has 192 valence electrons. The zero-order valence-electron chi connectivity index (χ0n) is 20.4. The summed E-state index contributed by atoms with van der Waals surface area (Å²) in [5, 5.41) is 5.19. The lowest BCUT2D eigenvalue weighted by Crippen LogP contribution is -2.29. The van der Waals surface area contributed by atoms with Gasteiger partial charge in [-0.25, -0.2) is 13.4 Å². The van der Waals surface area contributed by atoms with Crippen LogP contribution in [0.15, 0.2) is 82.9 Å². The van der Waals surface area contributed by atoms with Crippen molar-refractivity contribution in [2.75, 3.05) is 17.8 Å². The summed E-state index contributed by atoms with van der Waals surface area (Å²) in [4.78, 5) is 31.6. The number of benzene rings is 1. The number of allylic oxidation sites excluding steroid dienone is 3. The molecule has 3 amide bonds. The molecule has 0 bridgehead atoms. The van der Waals surface area contributed by atoms with Crippen molar-refractivity contribution in [3.8, 4) is 22.8 Å². The third-order valence-electron chi connectivity index (χ3n) is 5.22. The van der Waals surface area contributed by atoms with Crippen molar-refractivity contribution in [1.82, 2.24) is 15.3 Å². The number of rotatable bonds is 6. The number of hydrogen-bond donors (Lipinski definition) is 3. The number of anilines is 1. The third kappa shape index (κ3) is 7.14. The first-order valence-electron chi connectivity index (χ1n) is 11.4. The number of nitrogens with zero attached hydrogens (tertiary/aromatic N) is 2. The topological polar surface area (TPSA) is 126 Å². The van der Waals surface area contributed by atoms with Gasteiger partial charge in [-0.05, 0) is 54.8 Å². The average Bonchev–Trinajstić information content (AvgIpc) is 3.33. The molecule has 0 radical (unpaired) electrons. The van der Waals surface area contributed by atoms with Crippen LogP contribution in [0, 0.1) is 5.92 Å². The van der Waals surface area contributed by atoms with E-state index in [1.165, 1.54) is 18.6 Å². The highest BCUT2D eigenvalue weighted by Gasteiger charge is 2.15. The van der Waals surface area contributed by atoms with Gasteiger partial charge in [-0.1, -0.05) is 13.0 Å². The maximum Gasteiger partial charge on any atom is 0.323 e. The molecule has 1 aromatic carbocycles. The molecule has 4 rings (SSSR count). The van der Waals surface area contributed by atoms with Crippen molar-refractivity contribution in [2.24, 2.45) is 10.3 Å². The Hall–Kier alpha value is -4.25. The molecule has 2 heterocycles. The first-order chi connectivity index (χ1) is 17.6. The quantitative estimate of drug-likeness (QED) is 0.386. The van der Waals surface area contributed by atoms with E-state index in [4.69, 9.17) is 4.74 Å². The second kappa shape index (κ2) is 10.8. The van der Waals surface area contributed by atoms with Crippen LogP contribution < -0.4 is 15.4 Å². The lowest BCUT2D eigenvalue weighted by atomic mass is 10.0. The predicted molar refractivity (Wildman–Crippen MR) is 140 cm³/mol. The van der Waals surface area contributed by atoms with Crippen LogP contribution in [-0.4, -0.2) is 38.6 Å². The van der Waals surface area contributed by atoms with E-state index in [0.717, 1.165) is 0 Å². The molecular weight excluding hydrogens is 497 g/mol. The van der Waals surface area contributed by atoms with Gasteiger partial charge < -0.3 is 20.4 Å². The van der Waals surface area contributed by atoms with Crippen LogP contribution in [0.25, 0.3) is 11.3 Å². The van der Waals surface area contributed by atoms with Gasteiger partial charge in [-0.3, -0.25) is 9.78 Å².